The lowest BCUT2D eigenvalue weighted by Crippen LogP contribution is -2.40. The summed E-state index contributed by atoms with van der Waals surface area (Å²) in [6.45, 7) is 0.282. The van der Waals surface area contributed by atoms with Gasteiger partial charge in [-0.3, -0.25) is 9.59 Å². The average molecular weight is 372 g/mol. The Hall–Kier alpha value is -2.93. The number of rotatable bonds is 6. The van der Waals surface area contributed by atoms with Gasteiger partial charge in [-0.15, -0.1) is 0 Å². The number of hydrogen-bond donors (Lipinski definition) is 2. The van der Waals surface area contributed by atoms with Crippen molar-refractivity contribution in [3.63, 3.8) is 0 Å². The highest BCUT2D eigenvalue weighted by molar-refractivity contribution is 6.39. The molecule has 0 spiro atoms. The summed E-state index contributed by atoms with van der Waals surface area (Å²) in [7, 11) is 7.77. The van der Waals surface area contributed by atoms with Crippen LogP contribution in [0, 0.1) is 5.82 Å². The van der Waals surface area contributed by atoms with Gasteiger partial charge in [0.15, 0.2) is 0 Å². The zero-order chi connectivity index (χ0) is 20.0. The van der Waals surface area contributed by atoms with Crippen LogP contribution >= 0.6 is 0 Å². The van der Waals surface area contributed by atoms with Gasteiger partial charge in [0.25, 0.3) is 0 Å². The molecule has 0 fully saturated rings. The third kappa shape index (κ3) is 5.79. The molecule has 2 N–H and O–H groups in total. The first-order valence-corrected chi connectivity index (χ1v) is 8.56. The van der Waals surface area contributed by atoms with Crippen LogP contribution in [0.2, 0.25) is 0 Å². The summed E-state index contributed by atoms with van der Waals surface area (Å²) >= 11 is 0. The predicted molar refractivity (Wildman–Crippen MR) is 105 cm³/mol. The van der Waals surface area contributed by atoms with Crippen molar-refractivity contribution in [3.8, 4) is 0 Å². The van der Waals surface area contributed by atoms with Crippen LogP contribution in [-0.2, 0) is 9.59 Å². The van der Waals surface area contributed by atoms with Crippen LogP contribution in [0.15, 0.2) is 48.5 Å². The van der Waals surface area contributed by atoms with Gasteiger partial charge in [-0.25, -0.2) is 4.39 Å². The molecular formula is C20H25FN4O2. The highest BCUT2D eigenvalue weighted by atomic mass is 19.1. The number of nitrogens with one attached hydrogen (secondary N) is 2. The fourth-order valence-corrected chi connectivity index (χ4v) is 2.58. The van der Waals surface area contributed by atoms with Crippen molar-refractivity contribution in [3.05, 3.63) is 59.9 Å². The number of amides is 2. The number of hydrogen-bond acceptors (Lipinski definition) is 4. The fraction of sp³-hybridized carbons (Fsp3) is 0.300. The van der Waals surface area contributed by atoms with Crippen molar-refractivity contribution in [2.24, 2.45) is 0 Å². The molecule has 0 radical (unpaired) electrons. The van der Waals surface area contributed by atoms with Crippen LogP contribution in [-0.4, -0.2) is 51.4 Å². The van der Waals surface area contributed by atoms with Crippen molar-refractivity contribution < 1.29 is 14.0 Å². The zero-order valence-corrected chi connectivity index (χ0v) is 16.0. The Labute approximate surface area is 159 Å². The number of carbonyl (C=O) groups is 2. The molecule has 2 amide bonds. The Kier molecular flexibility index (Phi) is 6.90. The van der Waals surface area contributed by atoms with E-state index in [0.29, 0.717) is 5.69 Å². The minimum atomic E-state index is -0.790. The summed E-state index contributed by atoms with van der Waals surface area (Å²) in [6, 6.07) is 13.2. The van der Waals surface area contributed by atoms with Crippen LogP contribution in [0.1, 0.15) is 11.6 Å². The maximum Gasteiger partial charge on any atom is 0.313 e. The first-order chi connectivity index (χ1) is 12.8. The first kappa shape index (κ1) is 20.4. The van der Waals surface area contributed by atoms with Crippen molar-refractivity contribution in [1.82, 2.24) is 10.2 Å². The van der Waals surface area contributed by atoms with E-state index in [2.05, 4.69) is 10.6 Å². The molecule has 1 atom stereocenters. The molecule has 6 nitrogen and oxygen atoms in total. The summed E-state index contributed by atoms with van der Waals surface area (Å²) in [4.78, 5) is 28.1. The number of carbonyl (C=O) groups excluding carboxylic acids is 2. The molecule has 0 saturated heterocycles. The zero-order valence-electron chi connectivity index (χ0n) is 16.0. The smallest absolute Gasteiger partial charge is 0.313 e. The van der Waals surface area contributed by atoms with E-state index >= 15 is 0 Å². The second-order valence-electron chi connectivity index (χ2n) is 6.64. The summed E-state index contributed by atoms with van der Waals surface area (Å²) in [5.41, 5.74) is 2.48. The van der Waals surface area contributed by atoms with E-state index in [1.807, 2.05) is 62.3 Å². The molecule has 7 heteroatoms. The molecule has 0 aliphatic rings. The quantitative estimate of drug-likeness (QED) is 0.764. The fourth-order valence-electron chi connectivity index (χ4n) is 2.58. The van der Waals surface area contributed by atoms with Gasteiger partial charge in [0, 0.05) is 32.0 Å². The predicted octanol–water partition coefficient (Wildman–Crippen LogP) is 2.25. The van der Waals surface area contributed by atoms with Crippen LogP contribution < -0.4 is 15.5 Å². The molecule has 0 bridgehead atoms. The van der Waals surface area contributed by atoms with Gasteiger partial charge in [0.2, 0.25) is 0 Å². The van der Waals surface area contributed by atoms with Gasteiger partial charge < -0.3 is 20.4 Å². The summed E-state index contributed by atoms with van der Waals surface area (Å²) < 4.78 is 12.9. The molecule has 0 saturated carbocycles. The van der Waals surface area contributed by atoms with Crippen LogP contribution in [0.4, 0.5) is 15.8 Å². The molecule has 1 unspecified atom stereocenters. The van der Waals surface area contributed by atoms with Gasteiger partial charge in [0.1, 0.15) is 5.82 Å². The molecule has 0 heterocycles. The third-order valence-electron chi connectivity index (χ3n) is 4.18. The van der Waals surface area contributed by atoms with E-state index in [4.69, 9.17) is 0 Å². The minimum absolute atomic E-state index is 0.0798. The SMILES string of the molecule is CN(C)c1ccc(C(CNC(=O)C(=O)Nc2ccc(F)cc2)N(C)C)cc1. The Balaban J connectivity index is 1.97. The Morgan fingerprint density at radius 3 is 2.04 bits per heavy atom. The second kappa shape index (κ2) is 9.14. The average Bonchev–Trinajstić information content (AvgIpc) is 2.63. The van der Waals surface area contributed by atoms with Gasteiger partial charge in [0.05, 0.1) is 6.04 Å². The molecule has 0 aromatic heterocycles. The Bertz CT molecular complexity index is 774. The minimum Gasteiger partial charge on any atom is -0.378 e. The normalized spacial score (nSPS) is 11.8. The van der Waals surface area contributed by atoms with Crippen molar-refractivity contribution >= 4 is 23.2 Å². The van der Waals surface area contributed by atoms with Gasteiger partial charge in [-0.2, -0.15) is 0 Å². The Morgan fingerprint density at radius 2 is 1.52 bits per heavy atom. The van der Waals surface area contributed by atoms with E-state index in [1.54, 1.807) is 0 Å². The van der Waals surface area contributed by atoms with Crippen molar-refractivity contribution in [2.45, 2.75) is 6.04 Å². The van der Waals surface area contributed by atoms with Crippen molar-refractivity contribution in [1.29, 1.82) is 0 Å². The standard InChI is InChI=1S/C20H25FN4O2/c1-24(2)17-11-5-14(6-12-17)18(25(3)4)13-22-19(26)20(27)23-16-9-7-15(21)8-10-16/h5-12,18H,13H2,1-4H3,(H,22,26)(H,23,27). The third-order valence-corrected chi connectivity index (χ3v) is 4.18. The topological polar surface area (TPSA) is 64.7 Å². The van der Waals surface area contributed by atoms with Gasteiger partial charge >= 0.3 is 11.8 Å². The number of anilines is 2. The lowest BCUT2D eigenvalue weighted by atomic mass is 10.1. The Morgan fingerprint density at radius 1 is 0.926 bits per heavy atom. The van der Waals surface area contributed by atoms with Gasteiger partial charge in [-0.05, 0) is 56.1 Å². The molecule has 27 heavy (non-hydrogen) atoms. The van der Waals surface area contributed by atoms with Crippen LogP contribution in [0.5, 0.6) is 0 Å². The van der Waals surface area contributed by atoms with E-state index in [9.17, 15) is 14.0 Å². The van der Waals surface area contributed by atoms with E-state index in [1.165, 1.54) is 24.3 Å². The summed E-state index contributed by atoms with van der Waals surface area (Å²) in [5, 5.41) is 5.10. The van der Waals surface area contributed by atoms with Gasteiger partial charge in [-0.1, -0.05) is 12.1 Å². The lowest BCUT2D eigenvalue weighted by molar-refractivity contribution is -0.136. The van der Waals surface area contributed by atoms with Crippen LogP contribution in [0.25, 0.3) is 0 Å². The highest BCUT2D eigenvalue weighted by Gasteiger charge is 2.19. The summed E-state index contributed by atoms with van der Waals surface area (Å²) in [6.07, 6.45) is 0. The number of benzene rings is 2. The largest absolute Gasteiger partial charge is 0.378 e. The summed E-state index contributed by atoms with van der Waals surface area (Å²) in [5.74, 6) is -1.94. The maximum atomic E-state index is 12.9. The molecule has 2 aromatic carbocycles. The first-order valence-electron chi connectivity index (χ1n) is 8.56. The molecule has 144 valence electrons. The number of nitrogens with zero attached hydrogens (tertiary/aromatic N) is 2. The highest BCUT2D eigenvalue weighted by Crippen LogP contribution is 2.21. The van der Waals surface area contributed by atoms with E-state index in [-0.39, 0.29) is 12.6 Å². The molecule has 0 aliphatic carbocycles. The lowest BCUT2D eigenvalue weighted by Gasteiger charge is -2.25. The number of halogens is 1. The van der Waals surface area contributed by atoms with Crippen LogP contribution in [0.3, 0.4) is 0 Å². The molecule has 2 rings (SSSR count). The van der Waals surface area contributed by atoms with E-state index < -0.39 is 17.6 Å². The second-order valence-corrected chi connectivity index (χ2v) is 6.64. The molecule has 0 aliphatic heterocycles. The van der Waals surface area contributed by atoms with Crippen molar-refractivity contribution in [2.75, 3.05) is 45.0 Å². The molecular weight excluding hydrogens is 347 g/mol. The molecule has 2 aromatic rings. The maximum absolute atomic E-state index is 12.9. The van der Waals surface area contributed by atoms with E-state index in [0.717, 1.165) is 11.3 Å². The monoisotopic (exact) mass is 372 g/mol. The number of likely N-dealkylation sites (N-methyl/N-ethyl adjacent to an activating group) is 1.